The first-order valence-electron chi connectivity index (χ1n) is 7.05. The predicted molar refractivity (Wildman–Crippen MR) is 75.9 cm³/mol. The van der Waals surface area contributed by atoms with Crippen LogP contribution in [0.15, 0.2) is 24.3 Å². The maximum Gasteiger partial charge on any atom is 0.0826 e. The molecule has 1 heterocycles. The molecule has 0 spiro atoms. The molecular formula is C15H24N2O2. The van der Waals surface area contributed by atoms with Gasteiger partial charge in [0.15, 0.2) is 0 Å². The number of morpholine rings is 1. The number of nitrogens with zero attached hydrogens (tertiary/aromatic N) is 1. The lowest BCUT2D eigenvalue weighted by molar-refractivity contribution is -0.0253. The summed E-state index contributed by atoms with van der Waals surface area (Å²) in [5.74, 6) is 0. The van der Waals surface area contributed by atoms with Crippen molar-refractivity contribution >= 4 is 0 Å². The Morgan fingerprint density at radius 2 is 2.26 bits per heavy atom. The van der Waals surface area contributed by atoms with E-state index in [0.29, 0.717) is 0 Å². The lowest BCUT2D eigenvalue weighted by Gasteiger charge is -2.32. The van der Waals surface area contributed by atoms with Crippen molar-refractivity contribution < 1.29 is 9.84 Å². The van der Waals surface area contributed by atoms with E-state index in [1.165, 1.54) is 5.56 Å². The molecule has 1 fully saturated rings. The topological polar surface area (TPSA) is 44.7 Å². The summed E-state index contributed by atoms with van der Waals surface area (Å²) in [5.41, 5.74) is 2.17. The lowest BCUT2D eigenvalue weighted by Crippen LogP contribution is -2.46. The second-order valence-electron chi connectivity index (χ2n) is 4.99. The zero-order valence-corrected chi connectivity index (χ0v) is 11.6. The highest BCUT2D eigenvalue weighted by Gasteiger charge is 2.18. The monoisotopic (exact) mass is 264 g/mol. The molecule has 4 nitrogen and oxygen atoms in total. The van der Waals surface area contributed by atoms with Crippen molar-refractivity contribution in [3.63, 3.8) is 0 Å². The summed E-state index contributed by atoms with van der Waals surface area (Å²) < 4.78 is 5.75. The SMILES string of the molecule is CCN1CCOC(CNCc2cccc(CO)c2)C1. The molecule has 2 N–H and O–H groups in total. The van der Waals surface area contributed by atoms with E-state index in [9.17, 15) is 0 Å². The molecule has 1 aromatic rings. The molecule has 0 radical (unpaired) electrons. The average molecular weight is 264 g/mol. The summed E-state index contributed by atoms with van der Waals surface area (Å²) in [6.45, 7) is 7.98. The van der Waals surface area contributed by atoms with Crippen molar-refractivity contribution in [3.8, 4) is 0 Å². The molecule has 1 saturated heterocycles. The second kappa shape index (κ2) is 7.60. The molecule has 0 bridgehead atoms. The number of likely N-dealkylation sites (N-methyl/N-ethyl adjacent to an activating group) is 1. The molecule has 1 aromatic carbocycles. The summed E-state index contributed by atoms with van der Waals surface area (Å²) in [4.78, 5) is 2.42. The summed E-state index contributed by atoms with van der Waals surface area (Å²) in [7, 11) is 0. The maximum atomic E-state index is 9.10. The molecule has 4 heteroatoms. The van der Waals surface area contributed by atoms with Crippen molar-refractivity contribution in [2.45, 2.75) is 26.2 Å². The Morgan fingerprint density at radius 3 is 3.05 bits per heavy atom. The highest BCUT2D eigenvalue weighted by atomic mass is 16.5. The molecule has 2 rings (SSSR count). The van der Waals surface area contributed by atoms with E-state index < -0.39 is 0 Å². The molecule has 0 amide bonds. The summed E-state index contributed by atoms with van der Waals surface area (Å²) >= 11 is 0. The van der Waals surface area contributed by atoms with E-state index in [0.717, 1.165) is 44.9 Å². The van der Waals surface area contributed by atoms with Gasteiger partial charge in [-0.05, 0) is 17.7 Å². The van der Waals surface area contributed by atoms with Gasteiger partial charge < -0.3 is 15.2 Å². The molecule has 1 aliphatic rings. The number of hydrogen-bond acceptors (Lipinski definition) is 4. The summed E-state index contributed by atoms with van der Waals surface area (Å²) in [5, 5.41) is 12.5. The van der Waals surface area contributed by atoms with Crippen LogP contribution in [-0.4, -0.2) is 48.9 Å². The highest BCUT2D eigenvalue weighted by molar-refractivity contribution is 5.22. The summed E-state index contributed by atoms with van der Waals surface area (Å²) in [6, 6.07) is 8.03. The number of ether oxygens (including phenoxy) is 1. The zero-order valence-electron chi connectivity index (χ0n) is 11.6. The zero-order chi connectivity index (χ0) is 13.5. The number of rotatable bonds is 6. The minimum absolute atomic E-state index is 0.102. The Morgan fingerprint density at radius 1 is 1.42 bits per heavy atom. The molecular weight excluding hydrogens is 240 g/mol. The number of nitrogens with one attached hydrogen (secondary N) is 1. The fourth-order valence-electron chi connectivity index (χ4n) is 2.41. The van der Waals surface area contributed by atoms with Crippen LogP contribution in [0, 0.1) is 0 Å². The first-order valence-corrected chi connectivity index (χ1v) is 7.05. The van der Waals surface area contributed by atoms with Crippen LogP contribution in [0.5, 0.6) is 0 Å². The molecule has 1 aliphatic heterocycles. The standard InChI is InChI=1S/C15H24N2O2/c1-2-17-6-7-19-15(11-17)10-16-9-13-4-3-5-14(8-13)12-18/h3-5,8,15-16,18H,2,6-7,9-12H2,1H3. The number of hydrogen-bond donors (Lipinski definition) is 2. The highest BCUT2D eigenvalue weighted by Crippen LogP contribution is 2.06. The van der Waals surface area contributed by atoms with Crippen LogP contribution in [0.4, 0.5) is 0 Å². The van der Waals surface area contributed by atoms with Crippen LogP contribution in [0.25, 0.3) is 0 Å². The Hall–Kier alpha value is -0.940. The van der Waals surface area contributed by atoms with Crippen LogP contribution in [-0.2, 0) is 17.9 Å². The van der Waals surface area contributed by atoms with E-state index >= 15 is 0 Å². The first-order chi connectivity index (χ1) is 9.31. The third kappa shape index (κ3) is 4.58. The van der Waals surface area contributed by atoms with E-state index in [2.05, 4.69) is 23.2 Å². The Labute approximate surface area is 115 Å². The molecule has 0 saturated carbocycles. The van der Waals surface area contributed by atoms with Gasteiger partial charge in [0, 0.05) is 26.2 Å². The van der Waals surface area contributed by atoms with E-state index in [1.54, 1.807) is 0 Å². The fraction of sp³-hybridized carbons (Fsp3) is 0.600. The Kier molecular flexibility index (Phi) is 5.79. The van der Waals surface area contributed by atoms with Gasteiger partial charge in [0.1, 0.15) is 0 Å². The van der Waals surface area contributed by atoms with Crippen LogP contribution in [0.1, 0.15) is 18.1 Å². The van der Waals surface area contributed by atoms with Gasteiger partial charge in [0.25, 0.3) is 0 Å². The average Bonchev–Trinajstić information content (AvgIpc) is 2.48. The molecule has 0 aromatic heterocycles. The van der Waals surface area contributed by atoms with Gasteiger partial charge in [-0.2, -0.15) is 0 Å². The van der Waals surface area contributed by atoms with Crippen molar-refractivity contribution in [1.29, 1.82) is 0 Å². The minimum atomic E-state index is 0.102. The first kappa shape index (κ1) is 14.5. The van der Waals surface area contributed by atoms with Crippen molar-refractivity contribution in [2.75, 3.05) is 32.8 Å². The van der Waals surface area contributed by atoms with Crippen LogP contribution in [0.3, 0.4) is 0 Å². The van der Waals surface area contributed by atoms with Crippen molar-refractivity contribution in [2.24, 2.45) is 0 Å². The minimum Gasteiger partial charge on any atom is -0.392 e. The Balaban J connectivity index is 1.73. The van der Waals surface area contributed by atoms with Gasteiger partial charge in [0.2, 0.25) is 0 Å². The number of aliphatic hydroxyl groups is 1. The second-order valence-corrected chi connectivity index (χ2v) is 4.99. The third-order valence-corrected chi connectivity index (χ3v) is 3.55. The van der Waals surface area contributed by atoms with Gasteiger partial charge >= 0.3 is 0 Å². The smallest absolute Gasteiger partial charge is 0.0826 e. The Bertz CT molecular complexity index is 384. The van der Waals surface area contributed by atoms with Gasteiger partial charge in [-0.15, -0.1) is 0 Å². The summed E-state index contributed by atoms with van der Waals surface area (Å²) in [6.07, 6.45) is 0.287. The normalized spacial score (nSPS) is 20.6. The van der Waals surface area contributed by atoms with Gasteiger partial charge in [-0.1, -0.05) is 31.2 Å². The van der Waals surface area contributed by atoms with Gasteiger partial charge in [-0.3, -0.25) is 4.90 Å². The largest absolute Gasteiger partial charge is 0.392 e. The number of benzene rings is 1. The third-order valence-electron chi connectivity index (χ3n) is 3.55. The van der Waals surface area contributed by atoms with Gasteiger partial charge in [-0.25, -0.2) is 0 Å². The molecule has 106 valence electrons. The molecule has 0 aliphatic carbocycles. The van der Waals surface area contributed by atoms with Crippen LogP contribution >= 0.6 is 0 Å². The predicted octanol–water partition coefficient (Wildman–Crippen LogP) is 0.989. The van der Waals surface area contributed by atoms with E-state index in [4.69, 9.17) is 9.84 Å². The van der Waals surface area contributed by atoms with E-state index in [1.807, 2.05) is 18.2 Å². The van der Waals surface area contributed by atoms with Gasteiger partial charge in [0.05, 0.1) is 19.3 Å². The van der Waals surface area contributed by atoms with Crippen molar-refractivity contribution in [3.05, 3.63) is 35.4 Å². The lowest BCUT2D eigenvalue weighted by atomic mass is 10.1. The molecule has 19 heavy (non-hydrogen) atoms. The van der Waals surface area contributed by atoms with E-state index in [-0.39, 0.29) is 12.7 Å². The van der Waals surface area contributed by atoms with Crippen molar-refractivity contribution in [1.82, 2.24) is 10.2 Å². The quantitative estimate of drug-likeness (QED) is 0.804. The maximum absolute atomic E-state index is 9.10. The van der Waals surface area contributed by atoms with Crippen LogP contribution < -0.4 is 5.32 Å². The molecule has 1 unspecified atom stereocenters. The fourth-order valence-corrected chi connectivity index (χ4v) is 2.41. The number of aliphatic hydroxyl groups excluding tert-OH is 1. The van der Waals surface area contributed by atoms with Crippen LogP contribution in [0.2, 0.25) is 0 Å². The molecule has 1 atom stereocenters.